The molecule has 0 aromatic heterocycles. The van der Waals surface area contributed by atoms with Gasteiger partial charge in [0.2, 0.25) is 0 Å². The second kappa shape index (κ2) is 19.1. The van der Waals surface area contributed by atoms with Gasteiger partial charge in [0.05, 0.1) is 0 Å². The van der Waals surface area contributed by atoms with E-state index in [0.717, 1.165) is 0 Å². The molecule has 0 atom stereocenters. The summed E-state index contributed by atoms with van der Waals surface area (Å²) in [4.78, 5) is 0. The Morgan fingerprint density at radius 2 is 1.00 bits per heavy atom. The van der Waals surface area contributed by atoms with Crippen molar-refractivity contribution in [1.82, 2.24) is 0 Å². The van der Waals surface area contributed by atoms with Crippen molar-refractivity contribution in [3.8, 4) is 0 Å². The molecule has 0 aliphatic heterocycles. The van der Waals surface area contributed by atoms with Crippen LogP contribution in [0.3, 0.4) is 0 Å². The van der Waals surface area contributed by atoms with Crippen LogP contribution in [0.15, 0.2) is 12.2 Å². The number of allylic oxidation sites excluding steroid dienone is 2. The molecule has 0 amide bonds. The maximum atomic E-state index is 2.42. The van der Waals surface area contributed by atoms with Gasteiger partial charge < -0.3 is 0 Å². The molecule has 0 aromatic rings. The average molecular weight is 396 g/mol. The summed E-state index contributed by atoms with van der Waals surface area (Å²) in [6.07, 6.45) is 24.8. The molecule has 0 spiro atoms. The Hall–Kier alpha value is 1.09. The summed E-state index contributed by atoms with van der Waals surface area (Å²) in [6.45, 7) is 2.29. The number of hydrogen-bond donors (Lipinski definition) is 0. The molecule has 0 rings (SSSR count). The molecule has 0 fully saturated rings. The predicted octanol–water partition coefficient (Wildman–Crippen LogP) is 6.99. The van der Waals surface area contributed by atoms with Crippen LogP contribution in [0.5, 0.6) is 0 Å². The number of rotatable bonds is 15. The first-order chi connectivity index (χ1) is 9.41. The van der Waals surface area contributed by atoms with E-state index in [4.69, 9.17) is 0 Å². The topological polar surface area (TPSA) is 0 Å². The van der Waals surface area contributed by atoms with Crippen LogP contribution in [0.2, 0.25) is 2.07 Å². The van der Waals surface area contributed by atoms with E-state index >= 15 is 0 Å². The van der Waals surface area contributed by atoms with Crippen LogP contribution < -0.4 is 0 Å². The summed E-state index contributed by atoms with van der Waals surface area (Å²) < 4.78 is 1.50. The van der Waals surface area contributed by atoms with E-state index in [9.17, 15) is 0 Å². The molecule has 111 valence electrons. The Morgan fingerprint density at radius 3 is 1.47 bits per heavy atom. The second-order valence-electron chi connectivity index (χ2n) is 5.69. The summed E-state index contributed by atoms with van der Waals surface area (Å²) in [5.41, 5.74) is 0. The fraction of sp³-hybridized carbons (Fsp3) is 0.889. The molecule has 1 heteroatoms. The zero-order chi connectivity index (χ0) is 14.0. The molecule has 0 radical (unpaired) electrons. The van der Waals surface area contributed by atoms with Gasteiger partial charge in [-0.3, -0.25) is 0 Å². The average Bonchev–Trinajstić information content (AvgIpc) is 2.43. The van der Waals surface area contributed by atoms with E-state index in [-0.39, 0.29) is 0 Å². The summed E-state index contributed by atoms with van der Waals surface area (Å²) >= 11 is 1.40. The quantitative estimate of drug-likeness (QED) is 0.207. The van der Waals surface area contributed by atoms with Gasteiger partial charge in [-0.05, 0) is 0 Å². The van der Waals surface area contributed by atoms with E-state index in [1.165, 1.54) is 131 Å². The van der Waals surface area contributed by atoms with Crippen molar-refractivity contribution in [2.45, 2.75) is 98.9 Å². The summed E-state index contributed by atoms with van der Waals surface area (Å²) in [5.74, 6) is 0. The van der Waals surface area contributed by atoms with E-state index in [0.29, 0.717) is 0 Å². The number of unbranched alkanes of at least 4 members (excludes halogenated alkanes) is 12. The third-order valence-electron chi connectivity index (χ3n) is 3.69. The molecule has 0 aromatic carbocycles. The van der Waals surface area contributed by atoms with Gasteiger partial charge in [-0.1, -0.05) is 39.0 Å². The van der Waals surface area contributed by atoms with Crippen LogP contribution in [0.25, 0.3) is 0 Å². The van der Waals surface area contributed by atoms with Crippen molar-refractivity contribution in [1.29, 1.82) is 0 Å². The molecule has 0 saturated heterocycles. The molecule has 0 unspecified atom stereocenters. The first-order valence-corrected chi connectivity index (χ1v) is 11.0. The van der Waals surface area contributed by atoms with Gasteiger partial charge in [-0.15, -0.1) is 0 Å². The standard InChI is InChI=1S/C18H35.Nd/c1-3-5-7-9-11-13-15-17-18-16-14-12-10-8-6-4-2;/h17-18H,1,3-16H2,2H3;/b18-17-;. The first kappa shape index (κ1) is 20.1. The van der Waals surface area contributed by atoms with Crippen LogP contribution in [-0.2, 0) is 0 Å². The Bertz CT molecular complexity index is 175. The molecule has 19 heavy (non-hydrogen) atoms. The summed E-state index contributed by atoms with van der Waals surface area (Å²) in [6, 6.07) is 0. The summed E-state index contributed by atoms with van der Waals surface area (Å²) in [5, 5.41) is 0. The van der Waals surface area contributed by atoms with Gasteiger partial charge >= 0.3 is 111 Å². The Labute approximate surface area is 148 Å². The van der Waals surface area contributed by atoms with Crippen molar-refractivity contribution >= 4 is 0 Å². The molecular weight excluding hydrogens is 360 g/mol. The second-order valence-corrected chi connectivity index (χ2v) is 7.29. The van der Waals surface area contributed by atoms with Gasteiger partial charge in [-0.25, -0.2) is 0 Å². The minimum absolute atomic E-state index is 1.31. The van der Waals surface area contributed by atoms with Crippen molar-refractivity contribution < 1.29 is 38.8 Å². The van der Waals surface area contributed by atoms with Crippen LogP contribution in [0.4, 0.5) is 0 Å². The minimum atomic E-state index is 1.31. The van der Waals surface area contributed by atoms with Crippen LogP contribution >= 0.6 is 0 Å². The summed E-state index contributed by atoms with van der Waals surface area (Å²) in [7, 11) is 0. The third-order valence-corrected chi connectivity index (χ3v) is 4.82. The molecule has 0 saturated carbocycles. The molecule has 0 bridgehead atoms. The Kier molecular flexibility index (Phi) is 20.2. The van der Waals surface area contributed by atoms with Crippen LogP contribution in [0, 0.1) is 38.8 Å². The molecule has 0 heterocycles. The van der Waals surface area contributed by atoms with E-state index in [1.807, 2.05) is 0 Å². The van der Waals surface area contributed by atoms with Crippen molar-refractivity contribution in [3.63, 3.8) is 0 Å². The van der Waals surface area contributed by atoms with Crippen molar-refractivity contribution in [3.05, 3.63) is 12.2 Å². The van der Waals surface area contributed by atoms with Gasteiger partial charge in [0, 0.05) is 0 Å². The van der Waals surface area contributed by atoms with E-state index in [1.54, 1.807) is 0 Å². The van der Waals surface area contributed by atoms with Crippen LogP contribution in [0.1, 0.15) is 96.8 Å². The van der Waals surface area contributed by atoms with Crippen molar-refractivity contribution in [2.75, 3.05) is 0 Å². The normalized spacial score (nSPS) is 11.4. The van der Waals surface area contributed by atoms with Gasteiger partial charge in [-0.2, -0.15) is 0 Å². The van der Waals surface area contributed by atoms with Gasteiger partial charge in [0.1, 0.15) is 0 Å². The first-order valence-electron chi connectivity index (χ1n) is 8.71. The number of hydrogen-bond acceptors (Lipinski definition) is 0. The molecular formula is C18H35Nd. The third kappa shape index (κ3) is 19.1. The SMILES string of the molecule is CCCCCCCC/C=C\CCCCCCC[CH2][Nd]. The molecule has 0 N–H and O–H groups in total. The Morgan fingerprint density at radius 1 is 0.579 bits per heavy atom. The maximum absolute atomic E-state index is 2.42. The van der Waals surface area contributed by atoms with Gasteiger partial charge in [0.25, 0.3) is 0 Å². The molecule has 0 aliphatic carbocycles. The fourth-order valence-electron chi connectivity index (χ4n) is 2.37. The monoisotopic (exact) mass is 393 g/mol. The molecule has 0 nitrogen and oxygen atoms in total. The fourth-order valence-corrected chi connectivity index (χ4v) is 3.17. The van der Waals surface area contributed by atoms with E-state index < -0.39 is 0 Å². The zero-order valence-electron chi connectivity index (χ0n) is 13.3. The predicted molar refractivity (Wildman–Crippen MR) is 84.3 cm³/mol. The zero-order valence-corrected chi connectivity index (χ0v) is 16.5. The van der Waals surface area contributed by atoms with Crippen LogP contribution in [-0.4, -0.2) is 0 Å². The van der Waals surface area contributed by atoms with Gasteiger partial charge in [0.15, 0.2) is 0 Å². The van der Waals surface area contributed by atoms with E-state index in [2.05, 4.69) is 19.1 Å². The van der Waals surface area contributed by atoms with Crippen molar-refractivity contribution in [2.24, 2.45) is 0 Å². The molecule has 0 aliphatic rings. The Balaban J connectivity index is 3.01.